The summed E-state index contributed by atoms with van der Waals surface area (Å²) in [5.74, 6) is -1.81. The van der Waals surface area contributed by atoms with E-state index in [-0.39, 0.29) is 12.2 Å². The van der Waals surface area contributed by atoms with E-state index in [1.807, 2.05) is 24.3 Å². The molecule has 0 fully saturated rings. The zero-order chi connectivity index (χ0) is 34.4. The molecule has 0 spiro atoms. The number of hydrogen-bond acceptors (Lipinski definition) is 4. The first-order valence-electron chi connectivity index (χ1n) is 17.5. The molecule has 0 aromatic heterocycles. The molecule has 260 valence electrons. The van der Waals surface area contributed by atoms with Crippen LogP contribution in [0.5, 0.6) is 0 Å². The van der Waals surface area contributed by atoms with Crippen molar-refractivity contribution in [2.75, 3.05) is 0 Å². The Morgan fingerprint density at radius 2 is 1.11 bits per heavy atom. The quantitative estimate of drug-likeness (QED) is 0.0222. The van der Waals surface area contributed by atoms with E-state index in [1.165, 1.54) is 95.6 Å². The van der Waals surface area contributed by atoms with Crippen LogP contribution in [0.1, 0.15) is 136 Å². The zero-order valence-electron chi connectivity index (χ0n) is 28.8. The molecule has 0 amide bonds. The van der Waals surface area contributed by atoms with Crippen molar-refractivity contribution in [1.82, 2.24) is 0 Å². The van der Waals surface area contributed by atoms with E-state index in [1.54, 1.807) is 18.2 Å². The van der Waals surface area contributed by atoms with E-state index in [9.17, 15) is 19.8 Å². The van der Waals surface area contributed by atoms with Crippen LogP contribution in [0.15, 0.2) is 96.9 Å². The van der Waals surface area contributed by atoms with Crippen LogP contribution in [0.4, 0.5) is 0 Å². The second kappa shape index (κ2) is 37.8. The molecule has 0 saturated carbocycles. The molecule has 1 atom stereocenters. The monoisotopic (exact) mass is 640 g/mol. The first-order chi connectivity index (χ1) is 22.3. The molecule has 0 aromatic carbocycles. The van der Waals surface area contributed by atoms with Crippen LogP contribution >= 0.6 is 0 Å². The van der Waals surface area contributed by atoms with Gasteiger partial charge in [-0.3, -0.25) is 4.79 Å². The summed E-state index contributed by atoms with van der Waals surface area (Å²) >= 11 is 0. The summed E-state index contributed by atoms with van der Waals surface area (Å²) in [6.45, 7) is 4.46. The smallest absolute Gasteiger partial charge is 0.328 e. The molecule has 0 aliphatic rings. The minimum Gasteiger partial charge on any atom is -0.508 e. The van der Waals surface area contributed by atoms with Crippen molar-refractivity contribution < 1.29 is 30.0 Å². The molecule has 46 heavy (non-hydrogen) atoms. The fraction of sp³-hybridized carbons (Fsp3) is 0.550. The molecule has 0 aliphatic carbocycles. The number of aliphatic hydroxyl groups is 2. The lowest BCUT2D eigenvalue weighted by Gasteiger charge is -2.02. The molecule has 0 bridgehead atoms. The van der Waals surface area contributed by atoms with Crippen molar-refractivity contribution in [3.05, 3.63) is 96.9 Å². The van der Waals surface area contributed by atoms with Gasteiger partial charge in [0.05, 0.1) is 6.10 Å². The normalized spacial score (nSPS) is 13.3. The van der Waals surface area contributed by atoms with Gasteiger partial charge in [-0.05, 0) is 63.5 Å². The Morgan fingerprint density at radius 3 is 1.76 bits per heavy atom. The van der Waals surface area contributed by atoms with Crippen LogP contribution in [0.2, 0.25) is 0 Å². The molecule has 0 saturated heterocycles. The average Bonchev–Trinajstić information content (AvgIpc) is 3.01. The van der Waals surface area contributed by atoms with Gasteiger partial charge in [0.1, 0.15) is 5.76 Å². The minimum atomic E-state index is -1.03. The maximum atomic E-state index is 10.3. The highest BCUT2D eigenvalue weighted by Gasteiger charge is 2.01. The lowest BCUT2D eigenvalue weighted by atomic mass is 10.1. The summed E-state index contributed by atoms with van der Waals surface area (Å²) in [4.78, 5) is 20.6. The van der Waals surface area contributed by atoms with Crippen molar-refractivity contribution in [2.24, 2.45) is 0 Å². The number of carbonyl (C=O) groups is 2. The van der Waals surface area contributed by atoms with Crippen LogP contribution in [0.25, 0.3) is 0 Å². The van der Waals surface area contributed by atoms with E-state index in [0.29, 0.717) is 12.8 Å². The van der Waals surface area contributed by atoms with Gasteiger partial charge < -0.3 is 20.4 Å². The number of aliphatic hydroxyl groups excluding tert-OH is 2. The highest BCUT2D eigenvalue weighted by Crippen LogP contribution is 2.10. The Bertz CT molecular complexity index is 949. The lowest BCUT2D eigenvalue weighted by Crippen LogP contribution is -2.03. The number of aliphatic carboxylic acids is 2. The summed E-state index contributed by atoms with van der Waals surface area (Å²) in [5.41, 5.74) is 0. The Labute approximate surface area is 280 Å². The van der Waals surface area contributed by atoms with Crippen LogP contribution in [-0.4, -0.2) is 38.5 Å². The van der Waals surface area contributed by atoms with Crippen LogP contribution in [-0.2, 0) is 9.59 Å². The highest BCUT2D eigenvalue weighted by atomic mass is 16.4. The number of carboxylic acid groups (broad SMARTS) is 2. The Morgan fingerprint density at radius 1 is 0.565 bits per heavy atom. The SMILES string of the molecule is CCCCC/C=C\C/C=C\C/C=C\C=C\[C@@H](O)CCCC(=O)O.CCCCCCCCCCC/C=C/C=C/C(O)=C/C=C/C(=O)O. The van der Waals surface area contributed by atoms with Crippen molar-refractivity contribution in [2.45, 2.75) is 142 Å². The fourth-order valence-electron chi connectivity index (χ4n) is 4.17. The molecular formula is C40H64O6. The zero-order valence-corrected chi connectivity index (χ0v) is 28.8. The van der Waals surface area contributed by atoms with Crippen LogP contribution in [0, 0.1) is 0 Å². The lowest BCUT2D eigenvalue weighted by molar-refractivity contribution is -0.137. The molecule has 0 aliphatic heterocycles. The third-order valence-corrected chi connectivity index (χ3v) is 6.82. The van der Waals surface area contributed by atoms with Gasteiger partial charge in [-0.15, -0.1) is 0 Å². The second-order valence-corrected chi connectivity index (χ2v) is 11.3. The standard InChI is InChI=1S/2C20H32O3/c2*1-2-3-4-5-6-7-8-9-10-11-12-13-14-16-19(21)17-15-18-20(22)23/h12-18,21H,2-11H2,1H3,(H,22,23);6-7,9-10,12-14,16,19,21H,2-5,8,11,15,17-18H2,1H3,(H,22,23)/b13-12+,16-14+,18-15+,19-17-;7-6-,10-9-,13-12-,16-14+/t;19-/m.1/s1. The van der Waals surface area contributed by atoms with Gasteiger partial charge in [0.25, 0.3) is 0 Å². The van der Waals surface area contributed by atoms with Crippen LogP contribution < -0.4 is 0 Å². The summed E-state index contributed by atoms with van der Waals surface area (Å²) in [5, 5.41) is 35.9. The summed E-state index contributed by atoms with van der Waals surface area (Å²) in [7, 11) is 0. The first-order valence-corrected chi connectivity index (χ1v) is 17.5. The summed E-state index contributed by atoms with van der Waals surface area (Å²) < 4.78 is 0. The molecule has 6 nitrogen and oxygen atoms in total. The molecule has 0 rings (SSSR count). The number of allylic oxidation sites excluding steroid dienone is 13. The van der Waals surface area contributed by atoms with Gasteiger partial charge in [0.2, 0.25) is 0 Å². The fourth-order valence-corrected chi connectivity index (χ4v) is 4.17. The molecule has 6 heteroatoms. The number of unbranched alkanes of at least 4 members (excludes halogenated alkanes) is 12. The van der Waals surface area contributed by atoms with Gasteiger partial charge in [-0.1, -0.05) is 151 Å². The molecule has 0 radical (unpaired) electrons. The van der Waals surface area contributed by atoms with Crippen molar-refractivity contribution in [1.29, 1.82) is 0 Å². The van der Waals surface area contributed by atoms with E-state index >= 15 is 0 Å². The molecule has 0 aromatic rings. The van der Waals surface area contributed by atoms with Gasteiger partial charge in [0.15, 0.2) is 0 Å². The first kappa shape index (κ1) is 44.7. The number of carboxylic acids is 2. The predicted molar refractivity (Wildman–Crippen MR) is 195 cm³/mol. The Kier molecular flexibility index (Phi) is 36.8. The Balaban J connectivity index is 0. The third kappa shape index (κ3) is 42.8. The highest BCUT2D eigenvalue weighted by molar-refractivity contribution is 5.80. The van der Waals surface area contributed by atoms with Crippen molar-refractivity contribution in [3.63, 3.8) is 0 Å². The topological polar surface area (TPSA) is 115 Å². The van der Waals surface area contributed by atoms with Gasteiger partial charge in [0, 0.05) is 12.5 Å². The van der Waals surface area contributed by atoms with Crippen LogP contribution in [0.3, 0.4) is 0 Å². The molecule has 0 unspecified atom stereocenters. The van der Waals surface area contributed by atoms with Crippen molar-refractivity contribution >= 4 is 11.9 Å². The van der Waals surface area contributed by atoms with Gasteiger partial charge >= 0.3 is 11.9 Å². The van der Waals surface area contributed by atoms with E-state index in [2.05, 4.69) is 44.2 Å². The maximum absolute atomic E-state index is 10.3. The number of hydrogen-bond donors (Lipinski definition) is 4. The van der Waals surface area contributed by atoms with E-state index < -0.39 is 18.0 Å². The minimum absolute atomic E-state index is 0.0372. The maximum Gasteiger partial charge on any atom is 0.328 e. The van der Waals surface area contributed by atoms with Crippen molar-refractivity contribution in [3.8, 4) is 0 Å². The molecular weight excluding hydrogens is 576 g/mol. The van der Waals surface area contributed by atoms with Gasteiger partial charge in [-0.25, -0.2) is 4.79 Å². The third-order valence-electron chi connectivity index (χ3n) is 6.82. The molecule has 4 N–H and O–H groups in total. The Hall–Kier alpha value is -3.38. The average molecular weight is 641 g/mol. The predicted octanol–water partition coefficient (Wildman–Crippen LogP) is 11.3. The molecule has 0 heterocycles. The number of rotatable bonds is 28. The van der Waals surface area contributed by atoms with Gasteiger partial charge in [-0.2, -0.15) is 0 Å². The summed E-state index contributed by atoms with van der Waals surface area (Å²) in [6.07, 6.45) is 47.7. The second-order valence-electron chi connectivity index (χ2n) is 11.3. The summed E-state index contributed by atoms with van der Waals surface area (Å²) in [6, 6.07) is 0. The largest absolute Gasteiger partial charge is 0.508 e. The van der Waals surface area contributed by atoms with E-state index in [4.69, 9.17) is 10.2 Å². The van der Waals surface area contributed by atoms with E-state index in [0.717, 1.165) is 25.3 Å².